The molecule has 2 rings (SSSR count). The largest absolute Gasteiger partial charge is 0.398 e. The van der Waals surface area contributed by atoms with Gasteiger partial charge in [0.05, 0.1) is 16.9 Å². The number of hydrogen-bond donors (Lipinski definition) is 1. The van der Waals surface area contributed by atoms with Crippen LogP contribution in [0.15, 0.2) is 36.7 Å². The van der Waals surface area contributed by atoms with Crippen molar-refractivity contribution >= 4 is 23.1 Å². The topological polar surface area (TPSA) is 56.0 Å². The number of nitrogens with two attached hydrogens (primary N) is 1. The van der Waals surface area contributed by atoms with E-state index in [0.29, 0.717) is 16.3 Å². The Balaban J connectivity index is 2.40. The molecule has 0 aliphatic rings. The van der Waals surface area contributed by atoms with Crippen LogP contribution in [-0.2, 0) is 0 Å². The first-order valence-corrected chi connectivity index (χ1v) is 5.16. The van der Waals surface area contributed by atoms with E-state index in [1.54, 1.807) is 0 Å². The first-order chi connectivity index (χ1) is 8.08. The summed E-state index contributed by atoms with van der Waals surface area (Å²) in [6, 6.07) is 5.64. The molecule has 0 aliphatic heterocycles. The molecular weight excluding hydrogens is 243 g/mol. The Bertz CT molecular complexity index is 586. The normalized spacial score (nSPS) is 10.2. The SMILES string of the molecule is Nc1ccc(C(=O)c2cncc(F)c2)cc1Cl. The minimum atomic E-state index is -0.558. The Morgan fingerprint density at radius 1 is 1.24 bits per heavy atom. The molecule has 1 aromatic carbocycles. The van der Waals surface area contributed by atoms with Gasteiger partial charge in [0.1, 0.15) is 5.82 Å². The van der Waals surface area contributed by atoms with Crippen LogP contribution >= 0.6 is 11.6 Å². The predicted molar refractivity (Wildman–Crippen MR) is 63.5 cm³/mol. The van der Waals surface area contributed by atoms with Crippen LogP contribution in [0.3, 0.4) is 0 Å². The first kappa shape index (κ1) is 11.5. The molecule has 0 amide bonds. The number of ketones is 1. The molecule has 3 nitrogen and oxygen atoms in total. The van der Waals surface area contributed by atoms with E-state index in [9.17, 15) is 9.18 Å². The summed E-state index contributed by atoms with van der Waals surface area (Å²) in [4.78, 5) is 15.6. The smallest absolute Gasteiger partial charge is 0.194 e. The van der Waals surface area contributed by atoms with Crippen LogP contribution in [0.2, 0.25) is 5.02 Å². The zero-order valence-electron chi connectivity index (χ0n) is 8.65. The first-order valence-electron chi connectivity index (χ1n) is 4.78. The lowest BCUT2D eigenvalue weighted by Gasteiger charge is -2.03. The molecule has 1 heterocycles. The second-order valence-corrected chi connectivity index (χ2v) is 3.86. The standard InChI is InChI=1S/C12H8ClFN2O/c13-10-4-7(1-2-11(10)15)12(17)8-3-9(14)6-16-5-8/h1-6H,15H2. The van der Waals surface area contributed by atoms with E-state index in [-0.39, 0.29) is 11.3 Å². The third-order valence-electron chi connectivity index (χ3n) is 2.23. The molecule has 0 aliphatic carbocycles. The molecule has 0 unspecified atom stereocenters. The summed E-state index contributed by atoms with van der Waals surface area (Å²) in [5.41, 5.74) is 6.44. The van der Waals surface area contributed by atoms with E-state index in [0.717, 1.165) is 12.3 Å². The van der Waals surface area contributed by atoms with E-state index in [1.807, 2.05) is 0 Å². The highest BCUT2D eigenvalue weighted by molar-refractivity contribution is 6.33. The fourth-order valence-electron chi connectivity index (χ4n) is 1.37. The lowest BCUT2D eigenvalue weighted by atomic mass is 10.0. The van der Waals surface area contributed by atoms with Crippen LogP contribution in [0.25, 0.3) is 0 Å². The predicted octanol–water partition coefficient (Wildman–Crippen LogP) is 2.69. The van der Waals surface area contributed by atoms with Crippen molar-refractivity contribution < 1.29 is 9.18 Å². The maximum Gasteiger partial charge on any atom is 0.194 e. The van der Waals surface area contributed by atoms with Gasteiger partial charge in [0.2, 0.25) is 0 Å². The number of anilines is 1. The number of hydrogen-bond acceptors (Lipinski definition) is 3. The van der Waals surface area contributed by atoms with Crippen molar-refractivity contribution in [2.24, 2.45) is 0 Å². The van der Waals surface area contributed by atoms with Crippen LogP contribution in [0.1, 0.15) is 15.9 Å². The fraction of sp³-hybridized carbons (Fsp3) is 0. The van der Waals surface area contributed by atoms with Gasteiger partial charge in [0.15, 0.2) is 5.78 Å². The van der Waals surface area contributed by atoms with Gasteiger partial charge in [-0.1, -0.05) is 11.6 Å². The highest BCUT2D eigenvalue weighted by atomic mass is 35.5. The van der Waals surface area contributed by atoms with Gasteiger partial charge in [-0.2, -0.15) is 0 Å². The molecule has 0 saturated carbocycles. The van der Waals surface area contributed by atoms with Gasteiger partial charge in [0.25, 0.3) is 0 Å². The van der Waals surface area contributed by atoms with E-state index in [2.05, 4.69) is 4.98 Å². The van der Waals surface area contributed by atoms with Gasteiger partial charge in [-0.05, 0) is 24.3 Å². The summed E-state index contributed by atoms with van der Waals surface area (Å²) in [5, 5.41) is 0.292. The summed E-state index contributed by atoms with van der Waals surface area (Å²) >= 11 is 5.81. The zero-order chi connectivity index (χ0) is 12.4. The third-order valence-corrected chi connectivity index (χ3v) is 2.56. The number of rotatable bonds is 2. The summed E-state index contributed by atoms with van der Waals surface area (Å²) in [7, 11) is 0. The van der Waals surface area contributed by atoms with Crippen LogP contribution in [-0.4, -0.2) is 10.8 Å². The number of benzene rings is 1. The molecule has 0 spiro atoms. The number of nitrogen functional groups attached to an aromatic ring is 1. The molecule has 86 valence electrons. The average Bonchev–Trinajstić information content (AvgIpc) is 2.32. The zero-order valence-corrected chi connectivity index (χ0v) is 9.41. The number of aromatic nitrogens is 1. The molecule has 0 saturated heterocycles. The van der Waals surface area contributed by atoms with Gasteiger partial charge < -0.3 is 5.73 Å². The van der Waals surface area contributed by atoms with E-state index in [1.165, 1.54) is 24.4 Å². The van der Waals surface area contributed by atoms with Crippen molar-refractivity contribution in [2.45, 2.75) is 0 Å². The molecule has 1 aromatic heterocycles. The average molecular weight is 251 g/mol. The number of halogens is 2. The lowest BCUT2D eigenvalue weighted by Crippen LogP contribution is -2.03. The molecule has 0 fully saturated rings. The minimum absolute atomic E-state index is 0.172. The molecule has 5 heteroatoms. The summed E-state index contributed by atoms with van der Waals surface area (Å²) in [6.07, 6.45) is 2.34. The summed E-state index contributed by atoms with van der Waals surface area (Å²) in [6.45, 7) is 0. The van der Waals surface area contributed by atoms with Gasteiger partial charge in [-0.3, -0.25) is 9.78 Å². The van der Waals surface area contributed by atoms with Crippen LogP contribution in [0.4, 0.5) is 10.1 Å². The fourth-order valence-corrected chi connectivity index (χ4v) is 1.55. The van der Waals surface area contributed by atoms with Gasteiger partial charge in [-0.15, -0.1) is 0 Å². The monoisotopic (exact) mass is 250 g/mol. The van der Waals surface area contributed by atoms with Gasteiger partial charge >= 0.3 is 0 Å². The van der Waals surface area contributed by atoms with Crippen molar-refractivity contribution in [2.75, 3.05) is 5.73 Å². The minimum Gasteiger partial charge on any atom is -0.398 e. The highest BCUT2D eigenvalue weighted by Gasteiger charge is 2.11. The summed E-state index contributed by atoms with van der Waals surface area (Å²) < 4.78 is 12.9. The van der Waals surface area contributed by atoms with Crippen LogP contribution in [0.5, 0.6) is 0 Å². The molecule has 2 N–H and O–H groups in total. The Hall–Kier alpha value is -1.94. The summed E-state index contributed by atoms with van der Waals surface area (Å²) in [5.74, 6) is -0.906. The lowest BCUT2D eigenvalue weighted by molar-refractivity contribution is 0.103. The molecule has 2 aromatic rings. The second-order valence-electron chi connectivity index (χ2n) is 3.46. The Labute approximate surface area is 102 Å². The number of carbonyl (C=O) groups is 1. The van der Waals surface area contributed by atoms with Crippen LogP contribution in [0, 0.1) is 5.82 Å². The maximum atomic E-state index is 12.9. The van der Waals surface area contributed by atoms with Gasteiger partial charge in [0, 0.05) is 17.3 Å². The van der Waals surface area contributed by atoms with E-state index < -0.39 is 5.82 Å². The third kappa shape index (κ3) is 2.42. The molecular formula is C12H8ClFN2O. The molecule has 0 atom stereocenters. The molecule has 0 radical (unpaired) electrons. The van der Waals surface area contributed by atoms with Crippen molar-refractivity contribution in [3.05, 3.63) is 58.6 Å². The highest BCUT2D eigenvalue weighted by Crippen LogP contribution is 2.21. The van der Waals surface area contributed by atoms with Crippen molar-refractivity contribution in [3.63, 3.8) is 0 Å². The van der Waals surface area contributed by atoms with Crippen LogP contribution < -0.4 is 5.73 Å². The Morgan fingerprint density at radius 2 is 2.00 bits per heavy atom. The number of carbonyl (C=O) groups excluding carboxylic acids is 1. The maximum absolute atomic E-state index is 12.9. The van der Waals surface area contributed by atoms with Crippen molar-refractivity contribution in [1.29, 1.82) is 0 Å². The second kappa shape index (κ2) is 4.51. The quantitative estimate of drug-likeness (QED) is 0.659. The van der Waals surface area contributed by atoms with Crippen molar-refractivity contribution in [1.82, 2.24) is 4.98 Å². The van der Waals surface area contributed by atoms with E-state index >= 15 is 0 Å². The number of nitrogens with zero attached hydrogens (tertiary/aromatic N) is 1. The Kier molecular flexibility index (Phi) is 3.06. The van der Waals surface area contributed by atoms with E-state index in [4.69, 9.17) is 17.3 Å². The Morgan fingerprint density at radius 3 is 2.65 bits per heavy atom. The number of pyridine rings is 1. The molecule has 17 heavy (non-hydrogen) atoms. The van der Waals surface area contributed by atoms with Gasteiger partial charge in [-0.25, -0.2) is 4.39 Å². The van der Waals surface area contributed by atoms with Crippen molar-refractivity contribution in [3.8, 4) is 0 Å². The molecule has 0 bridgehead atoms.